The maximum atomic E-state index is 13.1. The lowest BCUT2D eigenvalue weighted by Gasteiger charge is -2.15. The zero-order valence-electron chi connectivity index (χ0n) is 15.1. The van der Waals surface area contributed by atoms with Crippen LogP contribution in [0.2, 0.25) is 0 Å². The summed E-state index contributed by atoms with van der Waals surface area (Å²) in [5.41, 5.74) is 1.01. The van der Waals surface area contributed by atoms with E-state index in [-0.39, 0.29) is 18.0 Å². The Kier molecular flexibility index (Phi) is 6.38. The fourth-order valence-electron chi connectivity index (χ4n) is 2.75. The van der Waals surface area contributed by atoms with Gasteiger partial charge >= 0.3 is 0 Å². The number of benzene rings is 2. The fraction of sp³-hybridized carbons (Fsp3) is 0.300. The standard InChI is InChI=1S/C20H22FN3O3/c1-26-18-7-3-2-6-17(18)23-20(22-13-16-5-4-12-27-16)24-19(25)14-8-10-15(21)11-9-14/h2-3,6-11,16H,4-5,12-13H2,1H3,(H2,22,23,24,25)/t16-/m0/s1. The number of para-hydroxylation sites is 2. The van der Waals surface area contributed by atoms with Gasteiger partial charge < -0.3 is 14.8 Å². The minimum Gasteiger partial charge on any atom is -0.495 e. The van der Waals surface area contributed by atoms with Crippen molar-refractivity contribution in [3.05, 3.63) is 59.9 Å². The lowest BCUT2D eigenvalue weighted by Crippen LogP contribution is -2.36. The summed E-state index contributed by atoms with van der Waals surface area (Å²) in [7, 11) is 1.57. The molecule has 1 fully saturated rings. The van der Waals surface area contributed by atoms with Crippen LogP contribution in [0.3, 0.4) is 0 Å². The molecule has 1 atom stereocenters. The Bertz CT molecular complexity index is 802. The second-order valence-electron chi connectivity index (χ2n) is 6.11. The molecule has 1 amide bonds. The van der Waals surface area contributed by atoms with Gasteiger partial charge in [0.1, 0.15) is 11.6 Å². The Morgan fingerprint density at radius 2 is 2.04 bits per heavy atom. The number of aliphatic imine (C=N–C) groups is 1. The molecule has 3 rings (SSSR count). The van der Waals surface area contributed by atoms with Crippen LogP contribution in [0.5, 0.6) is 5.75 Å². The summed E-state index contributed by atoms with van der Waals surface area (Å²) >= 11 is 0. The average Bonchev–Trinajstić information content (AvgIpc) is 3.20. The Morgan fingerprint density at radius 3 is 2.74 bits per heavy atom. The topological polar surface area (TPSA) is 71.9 Å². The minimum absolute atomic E-state index is 0.0437. The number of methoxy groups -OCH3 is 1. The van der Waals surface area contributed by atoms with Crippen LogP contribution in [0.15, 0.2) is 53.5 Å². The number of ether oxygens (including phenoxy) is 2. The quantitative estimate of drug-likeness (QED) is 0.625. The molecule has 1 saturated heterocycles. The zero-order chi connectivity index (χ0) is 19.1. The van der Waals surface area contributed by atoms with Crippen molar-refractivity contribution in [2.45, 2.75) is 18.9 Å². The van der Waals surface area contributed by atoms with Crippen molar-refractivity contribution in [1.29, 1.82) is 0 Å². The maximum Gasteiger partial charge on any atom is 0.257 e. The number of rotatable bonds is 5. The summed E-state index contributed by atoms with van der Waals surface area (Å²) in [4.78, 5) is 17.0. The van der Waals surface area contributed by atoms with E-state index >= 15 is 0 Å². The number of hydrogen-bond donors (Lipinski definition) is 2. The van der Waals surface area contributed by atoms with Gasteiger partial charge in [-0.1, -0.05) is 12.1 Å². The second-order valence-corrected chi connectivity index (χ2v) is 6.11. The smallest absolute Gasteiger partial charge is 0.257 e. The van der Waals surface area contributed by atoms with Crippen LogP contribution in [0.1, 0.15) is 23.2 Å². The number of halogens is 1. The molecule has 2 aromatic rings. The molecule has 0 unspecified atom stereocenters. The van der Waals surface area contributed by atoms with Gasteiger partial charge in [0, 0.05) is 12.2 Å². The van der Waals surface area contributed by atoms with E-state index in [2.05, 4.69) is 15.6 Å². The Balaban J connectivity index is 1.77. The van der Waals surface area contributed by atoms with Gasteiger partial charge in [0.05, 0.1) is 25.4 Å². The Morgan fingerprint density at radius 1 is 1.26 bits per heavy atom. The Labute approximate surface area is 157 Å². The summed E-state index contributed by atoms with van der Waals surface area (Å²) in [6.07, 6.45) is 2.00. The third-order valence-electron chi connectivity index (χ3n) is 4.18. The van der Waals surface area contributed by atoms with Crippen molar-refractivity contribution < 1.29 is 18.7 Å². The molecule has 1 aliphatic heterocycles. The number of hydrogen-bond acceptors (Lipinski definition) is 4. The highest BCUT2D eigenvalue weighted by Gasteiger charge is 2.16. The molecule has 1 aliphatic rings. The molecule has 142 valence electrons. The molecule has 7 heteroatoms. The molecule has 1 heterocycles. The van der Waals surface area contributed by atoms with Crippen molar-refractivity contribution in [3.63, 3.8) is 0 Å². The summed E-state index contributed by atoms with van der Waals surface area (Å²) in [6, 6.07) is 12.7. The molecular weight excluding hydrogens is 349 g/mol. The molecule has 0 spiro atoms. The summed E-state index contributed by atoms with van der Waals surface area (Å²) < 4.78 is 24.0. The SMILES string of the molecule is COc1ccccc1NC(=NC[C@@H]1CCCO1)NC(=O)c1ccc(F)cc1. The first kappa shape index (κ1) is 18.8. The largest absolute Gasteiger partial charge is 0.495 e. The van der Waals surface area contributed by atoms with Crippen LogP contribution < -0.4 is 15.4 Å². The van der Waals surface area contributed by atoms with Crippen LogP contribution in [0.25, 0.3) is 0 Å². The Hall–Kier alpha value is -2.93. The summed E-state index contributed by atoms with van der Waals surface area (Å²) in [6.45, 7) is 1.17. The van der Waals surface area contributed by atoms with E-state index in [1.54, 1.807) is 7.11 Å². The van der Waals surface area contributed by atoms with Crippen molar-refractivity contribution in [2.75, 3.05) is 25.6 Å². The van der Waals surface area contributed by atoms with Gasteiger partial charge in [-0.2, -0.15) is 0 Å². The number of carbonyl (C=O) groups is 1. The van der Waals surface area contributed by atoms with Gasteiger partial charge in [-0.15, -0.1) is 0 Å². The number of nitrogens with one attached hydrogen (secondary N) is 2. The van der Waals surface area contributed by atoms with Crippen LogP contribution in [-0.4, -0.2) is 38.2 Å². The van der Waals surface area contributed by atoms with Crippen LogP contribution in [-0.2, 0) is 4.74 Å². The predicted octanol–water partition coefficient (Wildman–Crippen LogP) is 3.21. The van der Waals surface area contributed by atoms with Crippen LogP contribution in [0, 0.1) is 5.82 Å². The van der Waals surface area contributed by atoms with Gasteiger partial charge in [0.25, 0.3) is 5.91 Å². The van der Waals surface area contributed by atoms with E-state index < -0.39 is 5.82 Å². The van der Waals surface area contributed by atoms with E-state index in [1.165, 1.54) is 24.3 Å². The van der Waals surface area contributed by atoms with Gasteiger partial charge in [0.15, 0.2) is 0 Å². The normalized spacial score (nSPS) is 16.8. The van der Waals surface area contributed by atoms with Crippen molar-refractivity contribution in [1.82, 2.24) is 5.32 Å². The molecule has 6 nitrogen and oxygen atoms in total. The van der Waals surface area contributed by atoms with Crippen molar-refractivity contribution >= 4 is 17.6 Å². The van der Waals surface area contributed by atoms with E-state index in [0.717, 1.165) is 19.4 Å². The molecule has 0 radical (unpaired) electrons. The zero-order valence-corrected chi connectivity index (χ0v) is 15.1. The number of amides is 1. The van der Waals surface area contributed by atoms with Crippen molar-refractivity contribution in [2.24, 2.45) is 4.99 Å². The number of guanidine groups is 1. The average molecular weight is 371 g/mol. The number of anilines is 1. The van der Waals surface area contributed by atoms with Gasteiger partial charge in [-0.05, 0) is 49.2 Å². The van der Waals surface area contributed by atoms with Crippen LogP contribution in [0.4, 0.5) is 10.1 Å². The third kappa shape index (κ3) is 5.27. The summed E-state index contributed by atoms with van der Waals surface area (Å²) in [5.74, 6) is 0.122. The highest BCUT2D eigenvalue weighted by Crippen LogP contribution is 2.23. The number of carbonyl (C=O) groups excluding carboxylic acids is 1. The first-order chi connectivity index (χ1) is 13.2. The first-order valence-electron chi connectivity index (χ1n) is 8.78. The van der Waals surface area contributed by atoms with Gasteiger partial charge in [0.2, 0.25) is 5.96 Å². The van der Waals surface area contributed by atoms with Crippen LogP contribution >= 0.6 is 0 Å². The number of nitrogens with zero attached hydrogens (tertiary/aromatic N) is 1. The summed E-state index contributed by atoms with van der Waals surface area (Å²) in [5, 5.41) is 5.84. The molecule has 2 N–H and O–H groups in total. The first-order valence-corrected chi connectivity index (χ1v) is 8.78. The van der Waals surface area contributed by atoms with Gasteiger partial charge in [-0.25, -0.2) is 9.38 Å². The molecule has 0 bridgehead atoms. The molecule has 0 aliphatic carbocycles. The van der Waals surface area contributed by atoms with E-state index in [1.807, 2.05) is 24.3 Å². The van der Waals surface area contributed by atoms with E-state index in [4.69, 9.17) is 9.47 Å². The second kappa shape index (κ2) is 9.14. The fourth-order valence-corrected chi connectivity index (χ4v) is 2.75. The van der Waals surface area contributed by atoms with Crippen molar-refractivity contribution in [3.8, 4) is 5.75 Å². The molecule has 0 aromatic heterocycles. The maximum absolute atomic E-state index is 13.1. The highest BCUT2D eigenvalue weighted by molar-refractivity contribution is 6.10. The molecule has 2 aromatic carbocycles. The van der Waals surface area contributed by atoms with E-state index in [9.17, 15) is 9.18 Å². The minimum atomic E-state index is -0.397. The van der Waals surface area contributed by atoms with Gasteiger partial charge in [-0.3, -0.25) is 10.1 Å². The lowest BCUT2D eigenvalue weighted by atomic mass is 10.2. The molecule has 27 heavy (non-hydrogen) atoms. The highest BCUT2D eigenvalue weighted by atomic mass is 19.1. The predicted molar refractivity (Wildman–Crippen MR) is 102 cm³/mol. The lowest BCUT2D eigenvalue weighted by molar-refractivity contribution is 0.0975. The third-order valence-corrected chi connectivity index (χ3v) is 4.18. The molecule has 0 saturated carbocycles. The molecular formula is C20H22FN3O3. The van der Waals surface area contributed by atoms with E-state index in [0.29, 0.717) is 23.5 Å². The monoisotopic (exact) mass is 371 g/mol.